The predicted molar refractivity (Wildman–Crippen MR) is 101 cm³/mol. The number of carbonyl (C=O) groups is 1. The average Bonchev–Trinajstić information content (AvgIpc) is 3.08. The van der Waals surface area contributed by atoms with E-state index < -0.39 is 16.0 Å². The third-order valence-electron chi connectivity index (χ3n) is 3.59. The first-order valence-electron chi connectivity index (χ1n) is 7.88. The molecular formula is C19H17NO4S2. The van der Waals surface area contributed by atoms with Crippen LogP contribution in [0.5, 0.6) is 5.75 Å². The molecule has 0 saturated heterocycles. The van der Waals surface area contributed by atoms with Crippen LogP contribution >= 0.6 is 11.3 Å². The van der Waals surface area contributed by atoms with Crippen LogP contribution in [0.15, 0.2) is 70.9 Å². The highest BCUT2D eigenvalue weighted by Gasteiger charge is 2.22. The summed E-state index contributed by atoms with van der Waals surface area (Å²) in [6.07, 6.45) is 0. The molecule has 0 unspecified atom stereocenters. The Labute approximate surface area is 156 Å². The minimum absolute atomic E-state index is 0.00381. The maximum atomic E-state index is 12.5. The number of hydrogen-bond donors (Lipinski definition) is 1. The van der Waals surface area contributed by atoms with Crippen molar-refractivity contribution in [2.24, 2.45) is 0 Å². The number of rotatable bonds is 6. The van der Waals surface area contributed by atoms with E-state index in [4.69, 9.17) is 4.18 Å². The fourth-order valence-corrected chi connectivity index (χ4v) is 4.50. The second-order valence-electron chi connectivity index (χ2n) is 5.57. The van der Waals surface area contributed by atoms with Crippen molar-refractivity contribution < 1.29 is 17.4 Å². The maximum Gasteiger partial charge on any atom is 0.348 e. The van der Waals surface area contributed by atoms with Gasteiger partial charge in [-0.25, -0.2) is 0 Å². The Hall–Kier alpha value is -2.64. The molecule has 0 atom stereocenters. The summed E-state index contributed by atoms with van der Waals surface area (Å²) in [6.45, 7) is 2.15. The number of amides is 1. The van der Waals surface area contributed by atoms with Crippen molar-refractivity contribution in [3.63, 3.8) is 0 Å². The molecule has 0 aliphatic carbocycles. The first-order valence-corrected chi connectivity index (χ1v) is 10.1. The van der Waals surface area contributed by atoms with Crippen LogP contribution in [-0.4, -0.2) is 14.3 Å². The van der Waals surface area contributed by atoms with Crippen LogP contribution in [0.1, 0.15) is 20.8 Å². The summed E-state index contributed by atoms with van der Waals surface area (Å²) >= 11 is 1.12. The molecule has 0 fully saturated rings. The number of aryl methyl sites for hydroxylation is 1. The number of benzene rings is 2. The lowest BCUT2D eigenvalue weighted by Gasteiger charge is -2.11. The largest absolute Gasteiger partial charge is 0.378 e. The molecule has 0 saturated carbocycles. The van der Waals surface area contributed by atoms with Crippen molar-refractivity contribution in [3.8, 4) is 5.75 Å². The van der Waals surface area contributed by atoms with Gasteiger partial charge >= 0.3 is 10.1 Å². The van der Waals surface area contributed by atoms with Crippen molar-refractivity contribution in [2.45, 2.75) is 17.7 Å². The van der Waals surface area contributed by atoms with Gasteiger partial charge in [-0.1, -0.05) is 42.5 Å². The van der Waals surface area contributed by atoms with Gasteiger partial charge in [0.05, 0.1) is 5.56 Å². The molecule has 1 amide bonds. The van der Waals surface area contributed by atoms with E-state index in [1.807, 2.05) is 37.3 Å². The molecule has 134 valence electrons. The lowest BCUT2D eigenvalue weighted by molar-refractivity contribution is 0.0949. The molecule has 0 spiro atoms. The van der Waals surface area contributed by atoms with Crippen molar-refractivity contribution >= 4 is 27.4 Å². The summed E-state index contributed by atoms with van der Waals surface area (Å²) in [4.78, 5) is 13.3. The van der Waals surface area contributed by atoms with Gasteiger partial charge in [0.25, 0.3) is 5.91 Å². The molecule has 0 aliphatic heterocycles. The monoisotopic (exact) mass is 387 g/mol. The van der Waals surface area contributed by atoms with E-state index in [9.17, 15) is 13.2 Å². The highest BCUT2D eigenvalue weighted by molar-refractivity contribution is 7.89. The van der Waals surface area contributed by atoms with Crippen LogP contribution in [0, 0.1) is 6.92 Å². The third kappa shape index (κ3) is 4.30. The first-order chi connectivity index (χ1) is 12.5. The molecule has 2 aromatic carbocycles. The van der Waals surface area contributed by atoms with Gasteiger partial charge in [0.1, 0.15) is 0 Å². The number of para-hydroxylation sites is 1. The smallest absolute Gasteiger partial charge is 0.348 e. The molecule has 0 aliphatic rings. The van der Waals surface area contributed by atoms with E-state index in [0.717, 1.165) is 21.8 Å². The molecular weight excluding hydrogens is 370 g/mol. The molecule has 1 N–H and O–H groups in total. The molecule has 26 heavy (non-hydrogen) atoms. The summed E-state index contributed by atoms with van der Waals surface area (Å²) < 4.78 is 30.2. The summed E-state index contributed by atoms with van der Waals surface area (Å²) in [6, 6.07) is 18.9. The van der Waals surface area contributed by atoms with Crippen LogP contribution < -0.4 is 9.50 Å². The van der Waals surface area contributed by atoms with Gasteiger partial charge in [-0.3, -0.25) is 4.79 Å². The van der Waals surface area contributed by atoms with Crippen LogP contribution in [-0.2, 0) is 16.7 Å². The van der Waals surface area contributed by atoms with E-state index in [-0.39, 0.29) is 15.5 Å². The Bertz CT molecular complexity index is 1010. The second kappa shape index (κ2) is 7.72. The van der Waals surface area contributed by atoms with Crippen molar-refractivity contribution in [2.75, 3.05) is 0 Å². The normalized spacial score (nSPS) is 11.1. The predicted octanol–water partition coefficient (Wildman–Crippen LogP) is 3.75. The number of hydrogen-bond acceptors (Lipinski definition) is 5. The Morgan fingerprint density at radius 2 is 1.69 bits per heavy atom. The summed E-state index contributed by atoms with van der Waals surface area (Å²) in [5, 5.41) is 2.77. The van der Waals surface area contributed by atoms with Crippen LogP contribution in [0.4, 0.5) is 0 Å². The Balaban J connectivity index is 1.78. The summed E-state index contributed by atoms with van der Waals surface area (Å²) in [5.41, 5.74) is 1.11. The fourth-order valence-electron chi connectivity index (χ4n) is 2.31. The van der Waals surface area contributed by atoms with E-state index in [0.29, 0.717) is 6.54 Å². The summed E-state index contributed by atoms with van der Waals surface area (Å²) in [7, 11) is -3.98. The zero-order valence-electron chi connectivity index (χ0n) is 14.0. The number of carbonyl (C=O) groups excluding carboxylic acids is 1. The van der Waals surface area contributed by atoms with Crippen molar-refractivity contribution in [1.29, 1.82) is 0 Å². The topological polar surface area (TPSA) is 72.5 Å². The molecule has 3 aromatic rings. The second-order valence-corrected chi connectivity index (χ2v) is 8.63. The molecule has 1 heterocycles. The van der Waals surface area contributed by atoms with Gasteiger partial charge < -0.3 is 9.50 Å². The van der Waals surface area contributed by atoms with Gasteiger partial charge in [-0.05, 0) is 36.8 Å². The standard InChI is InChI=1S/C19H17NO4S2/c1-14-11-12-18(25-14)26(22,23)24-17-10-6-5-9-16(17)19(21)20-13-15-7-3-2-4-8-15/h2-12H,13H2,1H3,(H,20,21). The third-order valence-corrected chi connectivity index (χ3v) is 6.27. The molecule has 0 radical (unpaired) electrons. The highest BCUT2D eigenvalue weighted by Crippen LogP contribution is 2.27. The summed E-state index contributed by atoms with van der Waals surface area (Å²) in [5.74, 6) is -0.397. The Kier molecular flexibility index (Phi) is 5.39. The first kappa shape index (κ1) is 18.2. The quantitative estimate of drug-likeness (QED) is 0.654. The minimum atomic E-state index is -3.98. The molecule has 0 bridgehead atoms. The molecule has 3 rings (SSSR count). The SMILES string of the molecule is Cc1ccc(S(=O)(=O)Oc2ccccc2C(=O)NCc2ccccc2)s1. The van der Waals surface area contributed by atoms with E-state index in [1.165, 1.54) is 18.2 Å². The zero-order chi connectivity index (χ0) is 18.6. The van der Waals surface area contributed by atoms with Gasteiger partial charge in [0.2, 0.25) is 0 Å². The van der Waals surface area contributed by atoms with Gasteiger partial charge in [0, 0.05) is 11.4 Å². The van der Waals surface area contributed by atoms with Gasteiger partial charge in [0.15, 0.2) is 9.96 Å². The number of nitrogens with one attached hydrogen (secondary N) is 1. The van der Waals surface area contributed by atoms with Gasteiger partial charge in [-0.15, -0.1) is 11.3 Å². The number of thiophene rings is 1. The van der Waals surface area contributed by atoms with Crippen molar-refractivity contribution in [1.82, 2.24) is 5.32 Å². The average molecular weight is 387 g/mol. The highest BCUT2D eigenvalue weighted by atomic mass is 32.3. The molecule has 7 heteroatoms. The van der Waals surface area contributed by atoms with Crippen molar-refractivity contribution in [3.05, 3.63) is 82.7 Å². The molecule has 5 nitrogen and oxygen atoms in total. The lowest BCUT2D eigenvalue weighted by Crippen LogP contribution is -2.24. The van der Waals surface area contributed by atoms with Crippen LogP contribution in [0.25, 0.3) is 0 Å². The fraction of sp³-hybridized carbons (Fsp3) is 0.105. The van der Waals surface area contributed by atoms with Crippen LogP contribution in [0.3, 0.4) is 0 Å². The molecule has 1 aromatic heterocycles. The Morgan fingerprint density at radius 3 is 2.38 bits per heavy atom. The van der Waals surface area contributed by atoms with Crippen LogP contribution in [0.2, 0.25) is 0 Å². The lowest BCUT2D eigenvalue weighted by atomic mass is 10.1. The zero-order valence-corrected chi connectivity index (χ0v) is 15.6. The van der Waals surface area contributed by atoms with E-state index in [1.54, 1.807) is 18.2 Å². The van der Waals surface area contributed by atoms with E-state index >= 15 is 0 Å². The maximum absolute atomic E-state index is 12.5. The van der Waals surface area contributed by atoms with Gasteiger partial charge in [-0.2, -0.15) is 8.42 Å². The Morgan fingerprint density at radius 1 is 1.00 bits per heavy atom. The van der Waals surface area contributed by atoms with E-state index in [2.05, 4.69) is 5.32 Å². The minimum Gasteiger partial charge on any atom is -0.378 e.